The molecular weight excluding hydrogens is 452 g/mol. The molecule has 0 atom stereocenters. The molecule has 1 aliphatic rings. The van der Waals surface area contributed by atoms with Crippen LogP contribution in [0.25, 0.3) is 22.0 Å². The Labute approximate surface area is 210 Å². The van der Waals surface area contributed by atoms with Crippen LogP contribution >= 0.6 is 0 Å². The fourth-order valence-corrected chi connectivity index (χ4v) is 4.46. The standard InChI is InChI=1S/C28H30N6O2/c1-19(35)36-18-22-7-6-21-17-30-28(32-27(21)26(22)20-4-3-5-23(29)16-20)31-24-8-10-25(11-9-24)34-14-12-33(2)13-15-34/h3-11,16-17H,12-15,18,29H2,1-2H3,(H,30,31,32). The van der Waals surface area contributed by atoms with Gasteiger partial charge in [0, 0.05) is 67.3 Å². The number of hydrogen-bond donors (Lipinski definition) is 2. The second-order valence-electron chi connectivity index (χ2n) is 9.10. The summed E-state index contributed by atoms with van der Waals surface area (Å²) in [6.07, 6.45) is 1.80. The lowest BCUT2D eigenvalue weighted by molar-refractivity contribution is -0.142. The Morgan fingerprint density at radius 1 is 1.06 bits per heavy atom. The van der Waals surface area contributed by atoms with Crippen molar-refractivity contribution in [3.05, 3.63) is 72.4 Å². The van der Waals surface area contributed by atoms with Crippen LogP contribution in [0.4, 0.5) is 23.0 Å². The second-order valence-corrected chi connectivity index (χ2v) is 9.10. The van der Waals surface area contributed by atoms with E-state index in [0.717, 1.165) is 59.5 Å². The van der Waals surface area contributed by atoms with Crippen LogP contribution in [0.5, 0.6) is 0 Å². The molecule has 8 nitrogen and oxygen atoms in total. The number of carbonyl (C=O) groups excluding carboxylic acids is 1. The van der Waals surface area contributed by atoms with Crippen LogP contribution in [0, 0.1) is 0 Å². The minimum absolute atomic E-state index is 0.149. The van der Waals surface area contributed by atoms with Crippen molar-refractivity contribution in [3.8, 4) is 11.1 Å². The van der Waals surface area contributed by atoms with Gasteiger partial charge in [-0.2, -0.15) is 0 Å². The maximum atomic E-state index is 11.5. The van der Waals surface area contributed by atoms with Crippen molar-refractivity contribution in [2.45, 2.75) is 13.5 Å². The first-order valence-electron chi connectivity index (χ1n) is 12.0. The van der Waals surface area contributed by atoms with Gasteiger partial charge in [-0.15, -0.1) is 0 Å². The summed E-state index contributed by atoms with van der Waals surface area (Å²) in [7, 11) is 2.16. The monoisotopic (exact) mass is 482 g/mol. The molecule has 8 heteroatoms. The number of carbonyl (C=O) groups is 1. The lowest BCUT2D eigenvalue weighted by Crippen LogP contribution is -2.44. The normalized spacial score (nSPS) is 14.1. The second kappa shape index (κ2) is 10.2. The van der Waals surface area contributed by atoms with Gasteiger partial charge in [-0.1, -0.05) is 24.3 Å². The highest BCUT2D eigenvalue weighted by Crippen LogP contribution is 2.33. The first-order valence-corrected chi connectivity index (χ1v) is 12.0. The number of hydrogen-bond acceptors (Lipinski definition) is 8. The van der Waals surface area contributed by atoms with Crippen molar-refractivity contribution in [2.24, 2.45) is 0 Å². The number of rotatable bonds is 6. The van der Waals surface area contributed by atoms with Crippen molar-refractivity contribution in [2.75, 3.05) is 49.2 Å². The van der Waals surface area contributed by atoms with Gasteiger partial charge in [0.05, 0.1) is 5.52 Å². The highest BCUT2D eigenvalue weighted by atomic mass is 16.5. The lowest BCUT2D eigenvalue weighted by Gasteiger charge is -2.34. The predicted octanol–water partition coefficient (Wildman–Crippen LogP) is 4.44. The molecular formula is C28H30N6O2. The summed E-state index contributed by atoms with van der Waals surface area (Å²) in [5.74, 6) is 0.156. The maximum absolute atomic E-state index is 11.5. The molecule has 184 valence electrons. The molecule has 1 saturated heterocycles. The van der Waals surface area contributed by atoms with Crippen LogP contribution in [0.2, 0.25) is 0 Å². The number of nitrogens with two attached hydrogens (primary N) is 1. The van der Waals surface area contributed by atoms with E-state index < -0.39 is 0 Å². The van der Waals surface area contributed by atoms with Gasteiger partial charge in [0.15, 0.2) is 0 Å². The zero-order chi connectivity index (χ0) is 25.1. The summed E-state index contributed by atoms with van der Waals surface area (Å²) >= 11 is 0. The summed E-state index contributed by atoms with van der Waals surface area (Å²) < 4.78 is 5.33. The molecule has 36 heavy (non-hydrogen) atoms. The molecule has 1 fully saturated rings. The third-order valence-corrected chi connectivity index (χ3v) is 6.44. The SMILES string of the molecule is CC(=O)OCc1ccc2cnc(Nc3ccc(N4CCN(C)CC4)cc3)nc2c1-c1cccc(N)c1. The number of fused-ring (bicyclic) bond motifs is 1. The summed E-state index contributed by atoms with van der Waals surface area (Å²) in [5, 5.41) is 4.22. The van der Waals surface area contributed by atoms with E-state index in [4.69, 9.17) is 15.5 Å². The summed E-state index contributed by atoms with van der Waals surface area (Å²) in [6, 6.07) is 19.9. The van der Waals surface area contributed by atoms with Gasteiger partial charge < -0.3 is 25.6 Å². The molecule has 0 aliphatic carbocycles. The van der Waals surface area contributed by atoms with Gasteiger partial charge in [0.2, 0.25) is 5.95 Å². The van der Waals surface area contributed by atoms with Gasteiger partial charge in [0.25, 0.3) is 0 Å². The number of likely N-dealkylation sites (N-methyl/N-ethyl adjacent to an activating group) is 1. The number of anilines is 4. The highest BCUT2D eigenvalue weighted by Gasteiger charge is 2.16. The first-order chi connectivity index (χ1) is 17.5. The Kier molecular flexibility index (Phi) is 6.69. The van der Waals surface area contributed by atoms with Crippen LogP contribution in [0.15, 0.2) is 66.9 Å². The van der Waals surface area contributed by atoms with E-state index in [1.807, 2.05) is 36.4 Å². The number of piperazine rings is 1. The Morgan fingerprint density at radius 2 is 1.83 bits per heavy atom. The molecule has 5 rings (SSSR count). The molecule has 0 amide bonds. The number of nitrogens with one attached hydrogen (secondary N) is 1. The largest absolute Gasteiger partial charge is 0.461 e. The summed E-state index contributed by atoms with van der Waals surface area (Å²) in [5.41, 5.74) is 12.2. The zero-order valence-corrected chi connectivity index (χ0v) is 20.6. The van der Waals surface area contributed by atoms with Crippen LogP contribution in [-0.2, 0) is 16.1 Å². The third-order valence-electron chi connectivity index (χ3n) is 6.44. The third kappa shape index (κ3) is 5.23. The number of nitrogens with zero attached hydrogens (tertiary/aromatic N) is 4. The van der Waals surface area contributed by atoms with Crippen molar-refractivity contribution in [1.82, 2.24) is 14.9 Å². The van der Waals surface area contributed by atoms with E-state index in [0.29, 0.717) is 11.6 Å². The molecule has 0 saturated carbocycles. The van der Waals surface area contributed by atoms with Crippen molar-refractivity contribution < 1.29 is 9.53 Å². The van der Waals surface area contributed by atoms with Crippen molar-refractivity contribution in [1.29, 1.82) is 0 Å². The number of benzene rings is 3. The van der Waals surface area contributed by atoms with Gasteiger partial charge >= 0.3 is 5.97 Å². The molecule has 3 aromatic carbocycles. The van der Waals surface area contributed by atoms with E-state index in [9.17, 15) is 4.79 Å². The maximum Gasteiger partial charge on any atom is 0.302 e. The topological polar surface area (TPSA) is 96.6 Å². The molecule has 1 aromatic heterocycles. The van der Waals surface area contributed by atoms with Crippen LogP contribution < -0.4 is 16.0 Å². The first kappa shape index (κ1) is 23.6. The molecule has 1 aliphatic heterocycles. The Balaban J connectivity index is 1.46. The Hall–Kier alpha value is -4.17. The highest BCUT2D eigenvalue weighted by molar-refractivity contribution is 5.96. The van der Waals surface area contributed by atoms with E-state index in [1.165, 1.54) is 12.6 Å². The van der Waals surface area contributed by atoms with E-state index in [1.54, 1.807) is 6.20 Å². The fourth-order valence-electron chi connectivity index (χ4n) is 4.46. The molecule has 0 spiro atoms. The van der Waals surface area contributed by atoms with Gasteiger partial charge in [0.1, 0.15) is 6.61 Å². The van der Waals surface area contributed by atoms with Crippen molar-refractivity contribution >= 4 is 39.9 Å². The molecule has 3 N–H and O–H groups in total. The van der Waals surface area contributed by atoms with E-state index in [2.05, 4.69) is 51.4 Å². The van der Waals surface area contributed by atoms with Gasteiger partial charge in [-0.3, -0.25) is 4.79 Å². The molecule has 0 bridgehead atoms. The van der Waals surface area contributed by atoms with Crippen molar-refractivity contribution in [3.63, 3.8) is 0 Å². The lowest BCUT2D eigenvalue weighted by atomic mass is 9.96. The number of esters is 1. The summed E-state index contributed by atoms with van der Waals surface area (Å²) in [4.78, 5) is 25.6. The Bertz CT molecular complexity index is 1380. The van der Waals surface area contributed by atoms with Gasteiger partial charge in [-0.25, -0.2) is 9.97 Å². The van der Waals surface area contributed by atoms with E-state index >= 15 is 0 Å². The summed E-state index contributed by atoms with van der Waals surface area (Å²) in [6.45, 7) is 5.74. The molecule has 2 heterocycles. The minimum atomic E-state index is -0.335. The predicted molar refractivity (Wildman–Crippen MR) is 144 cm³/mol. The Morgan fingerprint density at radius 3 is 2.56 bits per heavy atom. The molecule has 0 unspecified atom stereocenters. The average molecular weight is 483 g/mol. The van der Waals surface area contributed by atoms with Crippen LogP contribution in [-0.4, -0.2) is 54.1 Å². The quantitative estimate of drug-likeness (QED) is 0.308. The van der Waals surface area contributed by atoms with E-state index in [-0.39, 0.29) is 12.6 Å². The van der Waals surface area contributed by atoms with Gasteiger partial charge in [-0.05, 0) is 54.6 Å². The smallest absolute Gasteiger partial charge is 0.302 e. The number of ether oxygens (including phenoxy) is 1. The van der Waals surface area contributed by atoms with Crippen LogP contribution in [0.1, 0.15) is 12.5 Å². The zero-order valence-electron chi connectivity index (χ0n) is 20.6. The average Bonchev–Trinajstić information content (AvgIpc) is 2.88. The molecule has 0 radical (unpaired) electrons. The molecule has 4 aromatic rings. The number of nitrogen functional groups attached to an aromatic ring is 1. The fraction of sp³-hybridized carbons (Fsp3) is 0.250. The van der Waals surface area contributed by atoms with Crippen LogP contribution in [0.3, 0.4) is 0 Å². The number of aromatic nitrogens is 2. The minimum Gasteiger partial charge on any atom is -0.461 e.